The molecule has 1 unspecified atom stereocenters. The van der Waals surface area contributed by atoms with Crippen molar-refractivity contribution in [2.24, 2.45) is 0 Å². The van der Waals surface area contributed by atoms with Gasteiger partial charge in [0.1, 0.15) is 4.88 Å². The molecule has 1 heterocycles. The Morgan fingerprint density at radius 1 is 1.55 bits per heavy atom. The lowest BCUT2D eigenvalue weighted by Crippen LogP contribution is -2.33. The van der Waals surface area contributed by atoms with Crippen LogP contribution in [0.25, 0.3) is 10.1 Å². The number of carbonyl (C=O) groups is 1. The van der Waals surface area contributed by atoms with Crippen LogP contribution in [-0.2, 0) is 4.74 Å². The topological polar surface area (TPSA) is 64.3 Å². The molecule has 0 aliphatic rings. The molecule has 1 aromatic heterocycles. The number of rotatable bonds is 5. The van der Waals surface area contributed by atoms with E-state index >= 15 is 0 Å². The van der Waals surface area contributed by atoms with Crippen molar-refractivity contribution in [3.05, 3.63) is 27.5 Å². The summed E-state index contributed by atoms with van der Waals surface area (Å²) in [5.41, 5.74) is 6.65. The van der Waals surface area contributed by atoms with Gasteiger partial charge in [-0.25, -0.2) is 0 Å². The van der Waals surface area contributed by atoms with Gasteiger partial charge in [0.05, 0.1) is 5.69 Å². The molecule has 0 saturated carbocycles. The van der Waals surface area contributed by atoms with Crippen LogP contribution >= 0.6 is 27.3 Å². The highest BCUT2D eigenvalue weighted by molar-refractivity contribution is 9.10. The molecule has 0 spiro atoms. The van der Waals surface area contributed by atoms with Crippen LogP contribution in [0.3, 0.4) is 0 Å². The van der Waals surface area contributed by atoms with Gasteiger partial charge in [-0.1, -0.05) is 22.0 Å². The Bertz CT molecular complexity index is 627. The Balaban J connectivity index is 2.22. The molecule has 0 radical (unpaired) electrons. The number of nitrogen functional groups attached to an aromatic ring is 1. The Hall–Kier alpha value is -1.11. The minimum atomic E-state index is -0.126. The fraction of sp³-hybridized carbons (Fsp3) is 0.357. The number of amides is 1. The first-order chi connectivity index (χ1) is 9.54. The van der Waals surface area contributed by atoms with Crippen LogP contribution in [0.15, 0.2) is 22.7 Å². The molecular weight excluding hydrogens is 340 g/mol. The third-order valence-electron chi connectivity index (χ3n) is 3.04. The van der Waals surface area contributed by atoms with Crippen molar-refractivity contribution in [2.75, 3.05) is 19.5 Å². The van der Waals surface area contributed by atoms with Crippen molar-refractivity contribution in [1.29, 1.82) is 0 Å². The second kappa shape index (κ2) is 6.56. The van der Waals surface area contributed by atoms with Gasteiger partial charge in [0, 0.05) is 34.3 Å². The van der Waals surface area contributed by atoms with E-state index in [1.807, 2.05) is 25.1 Å². The Labute approximate surface area is 130 Å². The third kappa shape index (κ3) is 3.13. The van der Waals surface area contributed by atoms with Crippen molar-refractivity contribution in [3.63, 3.8) is 0 Å². The van der Waals surface area contributed by atoms with E-state index in [4.69, 9.17) is 10.5 Å². The van der Waals surface area contributed by atoms with Gasteiger partial charge in [-0.2, -0.15) is 0 Å². The van der Waals surface area contributed by atoms with Gasteiger partial charge in [0.15, 0.2) is 0 Å². The molecule has 2 rings (SSSR count). The predicted octanol–water partition coefficient (Wildman–Crippen LogP) is 3.40. The number of fused-ring (bicyclic) bond motifs is 1. The summed E-state index contributed by atoms with van der Waals surface area (Å²) in [7, 11) is 1.65. The van der Waals surface area contributed by atoms with Crippen molar-refractivity contribution in [1.82, 2.24) is 5.32 Å². The standard InChI is InChI=1S/C14H17BrN2O2S/c1-8(6-7-19-2)17-14(18)13-12(16)11-9(15)4-3-5-10(11)20-13/h3-5,8H,6-7,16H2,1-2H3,(H,17,18). The molecule has 0 aliphatic carbocycles. The van der Waals surface area contributed by atoms with E-state index in [1.54, 1.807) is 7.11 Å². The smallest absolute Gasteiger partial charge is 0.263 e. The maximum Gasteiger partial charge on any atom is 0.263 e. The molecule has 108 valence electrons. The summed E-state index contributed by atoms with van der Waals surface area (Å²) in [4.78, 5) is 12.8. The quantitative estimate of drug-likeness (QED) is 0.862. The largest absolute Gasteiger partial charge is 0.397 e. The zero-order valence-electron chi connectivity index (χ0n) is 11.4. The van der Waals surface area contributed by atoms with Gasteiger partial charge in [-0.15, -0.1) is 11.3 Å². The van der Waals surface area contributed by atoms with Crippen LogP contribution in [-0.4, -0.2) is 25.7 Å². The number of nitrogens with two attached hydrogens (primary N) is 1. The summed E-state index contributed by atoms with van der Waals surface area (Å²) in [5, 5.41) is 3.86. The number of hydrogen-bond acceptors (Lipinski definition) is 4. The normalized spacial score (nSPS) is 12.6. The number of methoxy groups -OCH3 is 1. The number of nitrogens with one attached hydrogen (secondary N) is 1. The maximum absolute atomic E-state index is 12.3. The zero-order chi connectivity index (χ0) is 14.7. The molecular formula is C14H17BrN2O2S. The minimum Gasteiger partial charge on any atom is -0.397 e. The highest BCUT2D eigenvalue weighted by Gasteiger charge is 2.19. The number of carbonyl (C=O) groups excluding carboxylic acids is 1. The zero-order valence-corrected chi connectivity index (χ0v) is 13.8. The molecule has 4 nitrogen and oxygen atoms in total. The van der Waals surface area contributed by atoms with E-state index in [0.717, 1.165) is 21.0 Å². The maximum atomic E-state index is 12.3. The fourth-order valence-electron chi connectivity index (χ4n) is 1.95. The molecule has 1 aromatic carbocycles. The Morgan fingerprint density at radius 2 is 2.30 bits per heavy atom. The predicted molar refractivity (Wildman–Crippen MR) is 87.4 cm³/mol. The van der Waals surface area contributed by atoms with Gasteiger partial charge in [0.25, 0.3) is 5.91 Å². The molecule has 3 N–H and O–H groups in total. The lowest BCUT2D eigenvalue weighted by Gasteiger charge is -2.12. The number of anilines is 1. The number of hydrogen-bond donors (Lipinski definition) is 2. The fourth-order valence-corrected chi connectivity index (χ4v) is 3.72. The van der Waals surface area contributed by atoms with Gasteiger partial charge < -0.3 is 15.8 Å². The summed E-state index contributed by atoms with van der Waals surface area (Å²) in [6.07, 6.45) is 0.775. The van der Waals surface area contributed by atoms with Crippen LogP contribution in [0, 0.1) is 0 Å². The van der Waals surface area contributed by atoms with E-state index < -0.39 is 0 Å². The number of halogens is 1. The number of ether oxygens (including phenoxy) is 1. The van der Waals surface area contributed by atoms with Gasteiger partial charge >= 0.3 is 0 Å². The molecule has 6 heteroatoms. The summed E-state index contributed by atoms with van der Waals surface area (Å²) < 4.78 is 6.93. The number of thiophene rings is 1. The van der Waals surface area contributed by atoms with Crippen molar-refractivity contribution in [2.45, 2.75) is 19.4 Å². The van der Waals surface area contributed by atoms with Crippen LogP contribution in [0.1, 0.15) is 23.0 Å². The lowest BCUT2D eigenvalue weighted by molar-refractivity contribution is 0.0934. The first kappa shape index (κ1) is 15.3. The lowest BCUT2D eigenvalue weighted by atomic mass is 10.2. The second-order valence-corrected chi connectivity index (χ2v) is 6.52. The molecule has 0 fully saturated rings. The van der Waals surface area contributed by atoms with Gasteiger partial charge in [-0.3, -0.25) is 4.79 Å². The van der Waals surface area contributed by atoms with Crippen molar-refractivity contribution in [3.8, 4) is 0 Å². The molecule has 20 heavy (non-hydrogen) atoms. The van der Waals surface area contributed by atoms with E-state index in [1.165, 1.54) is 11.3 Å². The average Bonchev–Trinajstić information content (AvgIpc) is 2.75. The van der Waals surface area contributed by atoms with Crippen LogP contribution < -0.4 is 11.1 Å². The molecule has 1 amide bonds. The third-order valence-corrected chi connectivity index (χ3v) is 4.87. The summed E-state index contributed by atoms with van der Waals surface area (Å²) >= 11 is 4.89. The minimum absolute atomic E-state index is 0.0514. The first-order valence-corrected chi connectivity index (χ1v) is 7.91. The van der Waals surface area contributed by atoms with Gasteiger partial charge in [0.2, 0.25) is 0 Å². The van der Waals surface area contributed by atoms with Crippen molar-refractivity contribution < 1.29 is 9.53 Å². The highest BCUT2D eigenvalue weighted by Crippen LogP contribution is 2.38. The Kier molecular flexibility index (Phi) is 5.01. The van der Waals surface area contributed by atoms with Crippen LogP contribution in [0.5, 0.6) is 0 Å². The summed E-state index contributed by atoms with van der Waals surface area (Å²) in [6, 6.07) is 5.88. The van der Waals surface area contributed by atoms with Crippen LogP contribution in [0.2, 0.25) is 0 Å². The monoisotopic (exact) mass is 356 g/mol. The molecule has 1 atom stereocenters. The summed E-state index contributed by atoms with van der Waals surface area (Å²) in [5.74, 6) is -0.126. The van der Waals surface area contributed by atoms with E-state index in [9.17, 15) is 4.79 Å². The molecule has 0 bridgehead atoms. The van der Waals surface area contributed by atoms with E-state index in [2.05, 4.69) is 21.2 Å². The highest BCUT2D eigenvalue weighted by atomic mass is 79.9. The SMILES string of the molecule is COCCC(C)NC(=O)c1sc2cccc(Br)c2c1N. The van der Waals surface area contributed by atoms with Gasteiger partial charge in [-0.05, 0) is 25.5 Å². The van der Waals surface area contributed by atoms with E-state index in [-0.39, 0.29) is 11.9 Å². The Morgan fingerprint density at radius 3 is 2.95 bits per heavy atom. The molecule has 0 saturated heterocycles. The molecule has 2 aromatic rings. The van der Waals surface area contributed by atoms with Crippen molar-refractivity contribution >= 4 is 48.9 Å². The van der Waals surface area contributed by atoms with Crippen LogP contribution in [0.4, 0.5) is 5.69 Å². The number of benzene rings is 1. The van der Waals surface area contributed by atoms with E-state index in [0.29, 0.717) is 17.2 Å². The second-order valence-electron chi connectivity index (χ2n) is 4.61. The first-order valence-electron chi connectivity index (χ1n) is 6.31. The molecule has 0 aliphatic heterocycles. The average molecular weight is 357 g/mol. The summed E-state index contributed by atoms with van der Waals surface area (Å²) in [6.45, 7) is 2.57.